The molecule has 1 aromatic carbocycles. The van der Waals surface area contributed by atoms with E-state index in [-0.39, 0.29) is 37.6 Å². The molecule has 0 saturated heterocycles. The standard InChI is InChI=1S/C13H20N2O5S/c1-2-20-13(17)7-10-21(18,19)15(8-9-16)12-6-4-3-5-11(12)14/h3-6,16H,2,7-10,14H2,1H3. The van der Waals surface area contributed by atoms with Crippen LogP contribution in [-0.4, -0.2) is 45.0 Å². The molecular formula is C13H20N2O5S. The number of anilines is 2. The van der Waals surface area contributed by atoms with Crippen molar-refractivity contribution in [2.75, 3.05) is 35.6 Å². The quantitative estimate of drug-likeness (QED) is 0.529. The largest absolute Gasteiger partial charge is 0.466 e. The van der Waals surface area contributed by atoms with E-state index in [0.29, 0.717) is 0 Å². The Kier molecular flexibility index (Phi) is 6.44. The molecule has 0 amide bonds. The van der Waals surface area contributed by atoms with Crippen LogP contribution in [-0.2, 0) is 19.6 Å². The van der Waals surface area contributed by atoms with Crippen LogP contribution in [0.15, 0.2) is 24.3 Å². The van der Waals surface area contributed by atoms with E-state index in [2.05, 4.69) is 0 Å². The van der Waals surface area contributed by atoms with Gasteiger partial charge in [-0.2, -0.15) is 0 Å². The number of aliphatic hydroxyl groups is 1. The van der Waals surface area contributed by atoms with Gasteiger partial charge >= 0.3 is 5.97 Å². The fraction of sp³-hybridized carbons (Fsp3) is 0.462. The lowest BCUT2D eigenvalue weighted by Gasteiger charge is -2.24. The van der Waals surface area contributed by atoms with Crippen molar-refractivity contribution in [3.63, 3.8) is 0 Å². The molecule has 8 heteroatoms. The predicted molar refractivity (Wildman–Crippen MR) is 80.3 cm³/mol. The first-order valence-electron chi connectivity index (χ1n) is 6.53. The highest BCUT2D eigenvalue weighted by Gasteiger charge is 2.24. The summed E-state index contributed by atoms with van der Waals surface area (Å²) >= 11 is 0. The third kappa shape index (κ3) is 4.91. The molecule has 3 N–H and O–H groups in total. The first-order valence-corrected chi connectivity index (χ1v) is 8.14. The summed E-state index contributed by atoms with van der Waals surface area (Å²) in [6, 6.07) is 6.45. The SMILES string of the molecule is CCOC(=O)CCS(=O)(=O)N(CCO)c1ccccc1N. The number of rotatable bonds is 8. The van der Waals surface area contributed by atoms with Gasteiger partial charge in [-0.05, 0) is 19.1 Å². The zero-order valence-corrected chi connectivity index (χ0v) is 12.7. The topological polar surface area (TPSA) is 110 Å². The Morgan fingerprint density at radius 1 is 1.38 bits per heavy atom. The van der Waals surface area contributed by atoms with Gasteiger partial charge in [0.15, 0.2) is 0 Å². The van der Waals surface area contributed by atoms with Gasteiger partial charge < -0.3 is 15.6 Å². The van der Waals surface area contributed by atoms with Crippen molar-refractivity contribution in [2.45, 2.75) is 13.3 Å². The van der Waals surface area contributed by atoms with Gasteiger partial charge in [0.1, 0.15) is 0 Å². The minimum atomic E-state index is -3.78. The van der Waals surface area contributed by atoms with Crippen molar-refractivity contribution in [1.82, 2.24) is 0 Å². The lowest BCUT2D eigenvalue weighted by atomic mass is 10.3. The third-order valence-electron chi connectivity index (χ3n) is 2.71. The van der Waals surface area contributed by atoms with Crippen molar-refractivity contribution in [3.05, 3.63) is 24.3 Å². The molecule has 0 aliphatic carbocycles. The van der Waals surface area contributed by atoms with Crippen LogP contribution < -0.4 is 10.0 Å². The Labute approximate surface area is 124 Å². The van der Waals surface area contributed by atoms with Gasteiger partial charge in [0, 0.05) is 0 Å². The Hall–Kier alpha value is -1.80. The van der Waals surface area contributed by atoms with Crippen molar-refractivity contribution >= 4 is 27.4 Å². The molecule has 0 bridgehead atoms. The van der Waals surface area contributed by atoms with Crippen LogP contribution in [0.3, 0.4) is 0 Å². The average molecular weight is 316 g/mol. The smallest absolute Gasteiger partial charge is 0.306 e. The Morgan fingerprint density at radius 2 is 2.05 bits per heavy atom. The Bertz CT molecular complexity index is 574. The summed E-state index contributed by atoms with van der Waals surface area (Å²) in [6.07, 6.45) is -0.245. The lowest BCUT2D eigenvalue weighted by molar-refractivity contribution is -0.142. The number of aliphatic hydroxyl groups excluding tert-OH is 1. The molecule has 0 atom stereocenters. The van der Waals surface area contributed by atoms with Gasteiger partial charge in [0.2, 0.25) is 10.0 Å². The molecule has 7 nitrogen and oxygen atoms in total. The van der Waals surface area contributed by atoms with Gasteiger partial charge in [-0.3, -0.25) is 9.10 Å². The molecule has 0 aliphatic heterocycles. The molecule has 0 heterocycles. The minimum Gasteiger partial charge on any atom is -0.466 e. The van der Waals surface area contributed by atoms with Crippen LogP contribution in [0.5, 0.6) is 0 Å². The summed E-state index contributed by atoms with van der Waals surface area (Å²) in [5, 5.41) is 9.08. The third-order valence-corrected chi connectivity index (χ3v) is 4.48. The van der Waals surface area contributed by atoms with Gasteiger partial charge in [-0.15, -0.1) is 0 Å². The summed E-state index contributed by atoms with van der Waals surface area (Å²) in [5.41, 5.74) is 6.34. The monoisotopic (exact) mass is 316 g/mol. The van der Waals surface area contributed by atoms with Gasteiger partial charge in [0.05, 0.1) is 43.3 Å². The highest BCUT2D eigenvalue weighted by molar-refractivity contribution is 7.92. The number of nitrogens with zero attached hydrogens (tertiary/aromatic N) is 1. The number of hydrogen-bond donors (Lipinski definition) is 2. The number of para-hydroxylation sites is 2. The number of nitrogens with two attached hydrogens (primary N) is 1. The maximum atomic E-state index is 12.3. The normalized spacial score (nSPS) is 11.1. The Balaban J connectivity index is 2.94. The van der Waals surface area contributed by atoms with Crippen LogP contribution in [0.1, 0.15) is 13.3 Å². The van der Waals surface area contributed by atoms with E-state index in [1.54, 1.807) is 31.2 Å². The fourth-order valence-electron chi connectivity index (χ4n) is 1.77. The Morgan fingerprint density at radius 3 is 2.62 bits per heavy atom. The van der Waals surface area contributed by atoms with Crippen LogP contribution in [0.2, 0.25) is 0 Å². The number of ether oxygens (including phenoxy) is 1. The van der Waals surface area contributed by atoms with Crippen LogP contribution in [0, 0.1) is 0 Å². The van der Waals surface area contributed by atoms with Crippen molar-refractivity contribution in [3.8, 4) is 0 Å². The first kappa shape index (κ1) is 17.3. The average Bonchev–Trinajstić information content (AvgIpc) is 2.44. The zero-order valence-electron chi connectivity index (χ0n) is 11.9. The number of carbonyl (C=O) groups excluding carboxylic acids is 1. The van der Waals surface area contributed by atoms with E-state index in [9.17, 15) is 13.2 Å². The predicted octanol–water partition coefficient (Wildman–Crippen LogP) is 0.350. The van der Waals surface area contributed by atoms with E-state index >= 15 is 0 Å². The van der Waals surface area contributed by atoms with Gasteiger partial charge in [0.25, 0.3) is 0 Å². The van der Waals surface area contributed by atoms with E-state index < -0.39 is 21.7 Å². The number of nitrogen functional groups attached to an aromatic ring is 1. The molecule has 118 valence electrons. The number of esters is 1. The van der Waals surface area contributed by atoms with Crippen molar-refractivity contribution in [1.29, 1.82) is 0 Å². The second-order valence-electron chi connectivity index (χ2n) is 4.23. The second-order valence-corrected chi connectivity index (χ2v) is 6.24. The van der Waals surface area contributed by atoms with Crippen LogP contribution in [0.4, 0.5) is 11.4 Å². The van der Waals surface area contributed by atoms with Gasteiger partial charge in [-0.1, -0.05) is 12.1 Å². The lowest BCUT2D eigenvalue weighted by Crippen LogP contribution is -2.36. The summed E-state index contributed by atoms with van der Waals surface area (Å²) < 4.78 is 30.4. The maximum absolute atomic E-state index is 12.3. The number of sulfonamides is 1. The van der Waals surface area contributed by atoms with E-state index in [0.717, 1.165) is 4.31 Å². The zero-order chi connectivity index (χ0) is 15.9. The van der Waals surface area contributed by atoms with Crippen LogP contribution in [0.25, 0.3) is 0 Å². The van der Waals surface area contributed by atoms with E-state index in [4.69, 9.17) is 15.6 Å². The molecule has 1 aromatic rings. The van der Waals surface area contributed by atoms with E-state index in [1.165, 1.54) is 0 Å². The van der Waals surface area contributed by atoms with Crippen LogP contribution >= 0.6 is 0 Å². The number of benzene rings is 1. The van der Waals surface area contributed by atoms with Gasteiger partial charge in [-0.25, -0.2) is 8.42 Å². The molecule has 0 saturated carbocycles. The summed E-state index contributed by atoms with van der Waals surface area (Å²) in [7, 11) is -3.78. The summed E-state index contributed by atoms with van der Waals surface area (Å²) in [6.45, 7) is 1.37. The summed E-state index contributed by atoms with van der Waals surface area (Å²) in [5.74, 6) is -0.980. The highest BCUT2D eigenvalue weighted by atomic mass is 32.2. The second kappa shape index (κ2) is 7.84. The van der Waals surface area contributed by atoms with E-state index in [1.807, 2.05) is 0 Å². The van der Waals surface area contributed by atoms with Crippen molar-refractivity contribution < 1.29 is 23.1 Å². The minimum absolute atomic E-state index is 0.126. The fourth-order valence-corrected chi connectivity index (χ4v) is 3.24. The van der Waals surface area contributed by atoms with Crippen molar-refractivity contribution in [2.24, 2.45) is 0 Å². The molecular weight excluding hydrogens is 296 g/mol. The molecule has 0 unspecified atom stereocenters. The molecule has 1 rings (SSSR count). The maximum Gasteiger partial charge on any atom is 0.306 e. The molecule has 0 spiro atoms. The molecule has 0 aliphatic rings. The number of hydrogen-bond acceptors (Lipinski definition) is 6. The molecule has 0 radical (unpaired) electrons. The first-order chi connectivity index (χ1) is 9.92. The highest BCUT2D eigenvalue weighted by Crippen LogP contribution is 2.25. The molecule has 21 heavy (non-hydrogen) atoms. The molecule has 0 aromatic heterocycles. The molecule has 0 fully saturated rings. The number of carbonyl (C=O) groups is 1. The summed E-state index contributed by atoms with van der Waals surface area (Å²) in [4.78, 5) is 11.3.